The van der Waals surface area contributed by atoms with Crippen LogP contribution in [0.2, 0.25) is 0 Å². The van der Waals surface area contributed by atoms with Gasteiger partial charge < -0.3 is 10.6 Å². The van der Waals surface area contributed by atoms with Crippen molar-refractivity contribution in [2.45, 2.75) is 51.9 Å². The lowest BCUT2D eigenvalue weighted by atomic mass is 9.66. The Morgan fingerprint density at radius 3 is 2.76 bits per heavy atom. The summed E-state index contributed by atoms with van der Waals surface area (Å²) in [5, 5.41) is 6.51. The summed E-state index contributed by atoms with van der Waals surface area (Å²) in [6.45, 7) is 5.10. The van der Waals surface area contributed by atoms with Crippen LogP contribution < -0.4 is 10.6 Å². The number of hydrogen-bond donors (Lipinski definition) is 2. The zero-order valence-electron chi connectivity index (χ0n) is 11.1. The molecule has 1 atom stereocenters. The molecule has 0 spiro atoms. The SMILES string of the molecule is CCCC1(CNC(=O)C2CCCNC2)CCC1. The summed E-state index contributed by atoms with van der Waals surface area (Å²) < 4.78 is 0. The summed E-state index contributed by atoms with van der Waals surface area (Å²) in [4.78, 5) is 12.0. The lowest BCUT2D eigenvalue weighted by Crippen LogP contribution is -2.46. The zero-order valence-corrected chi connectivity index (χ0v) is 11.1. The topological polar surface area (TPSA) is 41.1 Å². The third-order valence-corrected chi connectivity index (χ3v) is 4.50. The Labute approximate surface area is 105 Å². The van der Waals surface area contributed by atoms with Crippen LogP contribution in [0.1, 0.15) is 51.9 Å². The number of carbonyl (C=O) groups is 1. The second-order valence-electron chi connectivity index (χ2n) is 5.86. The molecule has 3 nitrogen and oxygen atoms in total. The summed E-state index contributed by atoms with van der Waals surface area (Å²) in [6.07, 6.45) is 8.67. The van der Waals surface area contributed by atoms with Crippen LogP contribution in [0.15, 0.2) is 0 Å². The molecule has 2 aliphatic rings. The van der Waals surface area contributed by atoms with Crippen LogP contribution in [0.25, 0.3) is 0 Å². The second kappa shape index (κ2) is 5.85. The summed E-state index contributed by atoms with van der Waals surface area (Å²) in [7, 11) is 0. The van der Waals surface area contributed by atoms with Crippen molar-refractivity contribution in [2.75, 3.05) is 19.6 Å². The van der Waals surface area contributed by atoms with E-state index in [-0.39, 0.29) is 11.8 Å². The van der Waals surface area contributed by atoms with Crippen molar-refractivity contribution in [2.24, 2.45) is 11.3 Å². The molecule has 1 saturated carbocycles. The Hall–Kier alpha value is -0.570. The fraction of sp³-hybridized carbons (Fsp3) is 0.929. The summed E-state index contributed by atoms with van der Waals surface area (Å²) in [5.74, 6) is 0.488. The van der Waals surface area contributed by atoms with E-state index in [0.29, 0.717) is 5.41 Å². The maximum Gasteiger partial charge on any atom is 0.224 e. The van der Waals surface area contributed by atoms with Crippen LogP contribution in [0.4, 0.5) is 0 Å². The van der Waals surface area contributed by atoms with Crippen LogP contribution >= 0.6 is 0 Å². The molecule has 1 amide bonds. The van der Waals surface area contributed by atoms with Crippen molar-refractivity contribution in [3.8, 4) is 0 Å². The van der Waals surface area contributed by atoms with Gasteiger partial charge in [-0.2, -0.15) is 0 Å². The van der Waals surface area contributed by atoms with Crippen molar-refractivity contribution in [3.05, 3.63) is 0 Å². The minimum absolute atomic E-state index is 0.211. The van der Waals surface area contributed by atoms with Crippen LogP contribution in [0, 0.1) is 11.3 Å². The van der Waals surface area contributed by atoms with E-state index in [2.05, 4.69) is 17.6 Å². The molecule has 0 aromatic heterocycles. The van der Waals surface area contributed by atoms with E-state index in [4.69, 9.17) is 0 Å². The second-order valence-corrected chi connectivity index (χ2v) is 5.86. The van der Waals surface area contributed by atoms with Crippen molar-refractivity contribution >= 4 is 5.91 Å². The molecule has 0 aromatic carbocycles. The van der Waals surface area contributed by atoms with E-state index in [1.54, 1.807) is 0 Å². The molecule has 3 heteroatoms. The molecule has 1 heterocycles. The van der Waals surface area contributed by atoms with Gasteiger partial charge in [0.15, 0.2) is 0 Å². The van der Waals surface area contributed by atoms with Gasteiger partial charge in [-0.1, -0.05) is 19.8 Å². The van der Waals surface area contributed by atoms with Crippen molar-refractivity contribution in [1.29, 1.82) is 0 Å². The highest BCUT2D eigenvalue weighted by Gasteiger charge is 2.36. The first kappa shape index (κ1) is 12.9. The van der Waals surface area contributed by atoms with Crippen molar-refractivity contribution < 1.29 is 4.79 Å². The quantitative estimate of drug-likeness (QED) is 0.770. The Bertz CT molecular complexity index is 255. The first-order chi connectivity index (χ1) is 8.26. The predicted molar refractivity (Wildman–Crippen MR) is 69.8 cm³/mol. The van der Waals surface area contributed by atoms with E-state index >= 15 is 0 Å². The number of amides is 1. The lowest BCUT2D eigenvalue weighted by Gasteiger charge is -2.42. The van der Waals surface area contributed by atoms with Gasteiger partial charge in [0.2, 0.25) is 5.91 Å². The van der Waals surface area contributed by atoms with E-state index in [0.717, 1.165) is 32.5 Å². The molecule has 0 bridgehead atoms. The van der Waals surface area contributed by atoms with E-state index in [1.807, 2.05) is 0 Å². The standard InChI is InChI=1S/C14H26N2O/c1-2-6-14(7-4-8-14)11-16-13(17)12-5-3-9-15-10-12/h12,15H,2-11H2,1H3,(H,16,17). The average molecular weight is 238 g/mol. The molecule has 1 aliphatic heterocycles. The Kier molecular flexibility index (Phi) is 4.43. The highest BCUT2D eigenvalue weighted by atomic mass is 16.1. The summed E-state index contributed by atoms with van der Waals surface area (Å²) in [6, 6.07) is 0. The number of rotatable bonds is 5. The molecule has 98 valence electrons. The van der Waals surface area contributed by atoms with E-state index in [1.165, 1.54) is 32.1 Å². The number of piperidine rings is 1. The fourth-order valence-electron chi connectivity index (χ4n) is 3.22. The van der Waals surface area contributed by atoms with E-state index < -0.39 is 0 Å². The summed E-state index contributed by atoms with van der Waals surface area (Å²) >= 11 is 0. The molecule has 2 N–H and O–H groups in total. The smallest absolute Gasteiger partial charge is 0.224 e. The molecule has 0 aromatic rings. The van der Waals surface area contributed by atoms with Gasteiger partial charge in [-0.25, -0.2) is 0 Å². The van der Waals surface area contributed by atoms with Crippen LogP contribution in [0.3, 0.4) is 0 Å². The molecule has 17 heavy (non-hydrogen) atoms. The Morgan fingerprint density at radius 2 is 2.24 bits per heavy atom. The normalized spacial score (nSPS) is 27.2. The number of nitrogens with one attached hydrogen (secondary N) is 2. The Balaban J connectivity index is 1.74. The predicted octanol–water partition coefficient (Wildman–Crippen LogP) is 2.07. The third-order valence-electron chi connectivity index (χ3n) is 4.50. The first-order valence-corrected chi connectivity index (χ1v) is 7.24. The minimum Gasteiger partial charge on any atom is -0.355 e. The highest BCUT2D eigenvalue weighted by molar-refractivity contribution is 5.79. The lowest BCUT2D eigenvalue weighted by molar-refractivity contribution is -0.126. The van der Waals surface area contributed by atoms with Crippen LogP contribution in [-0.4, -0.2) is 25.5 Å². The third kappa shape index (κ3) is 3.21. The van der Waals surface area contributed by atoms with Gasteiger partial charge in [-0.05, 0) is 44.1 Å². The van der Waals surface area contributed by atoms with Crippen molar-refractivity contribution in [1.82, 2.24) is 10.6 Å². The van der Waals surface area contributed by atoms with E-state index in [9.17, 15) is 4.79 Å². The summed E-state index contributed by atoms with van der Waals surface area (Å²) in [5.41, 5.74) is 0.451. The van der Waals surface area contributed by atoms with Crippen LogP contribution in [0.5, 0.6) is 0 Å². The fourth-order valence-corrected chi connectivity index (χ4v) is 3.22. The monoisotopic (exact) mass is 238 g/mol. The van der Waals surface area contributed by atoms with Crippen LogP contribution in [-0.2, 0) is 4.79 Å². The Morgan fingerprint density at radius 1 is 1.41 bits per heavy atom. The largest absolute Gasteiger partial charge is 0.355 e. The van der Waals surface area contributed by atoms with Gasteiger partial charge in [-0.3, -0.25) is 4.79 Å². The van der Waals surface area contributed by atoms with Gasteiger partial charge in [0.05, 0.1) is 5.92 Å². The first-order valence-electron chi connectivity index (χ1n) is 7.24. The molecule has 2 fully saturated rings. The zero-order chi connectivity index (χ0) is 12.1. The molecule has 1 unspecified atom stereocenters. The minimum atomic E-state index is 0.211. The molecular weight excluding hydrogens is 212 g/mol. The molecular formula is C14H26N2O. The maximum atomic E-state index is 12.0. The molecule has 0 radical (unpaired) electrons. The molecule has 2 rings (SSSR count). The van der Waals surface area contributed by atoms with Gasteiger partial charge in [0.1, 0.15) is 0 Å². The molecule has 1 saturated heterocycles. The van der Waals surface area contributed by atoms with Crippen molar-refractivity contribution in [3.63, 3.8) is 0 Å². The highest BCUT2D eigenvalue weighted by Crippen LogP contribution is 2.44. The van der Waals surface area contributed by atoms with Gasteiger partial charge in [0.25, 0.3) is 0 Å². The average Bonchev–Trinajstić information content (AvgIpc) is 2.33. The van der Waals surface area contributed by atoms with Gasteiger partial charge in [-0.15, -0.1) is 0 Å². The van der Waals surface area contributed by atoms with Gasteiger partial charge in [0, 0.05) is 13.1 Å². The van der Waals surface area contributed by atoms with Gasteiger partial charge >= 0.3 is 0 Å². The maximum absolute atomic E-state index is 12.0. The number of hydrogen-bond acceptors (Lipinski definition) is 2. The molecule has 1 aliphatic carbocycles. The number of carbonyl (C=O) groups excluding carboxylic acids is 1.